The van der Waals surface area contributed by atoms with Gasteiger partial charge in [-0.3, -0.25) is 4.98 Å². The van der Waals surface area contributed by atoms with Crippen molar-refractivity contribution >= 4 is 23.4 Å². The smallest absolute Gasteiger partial charge is 0.404 e. The zero-order valence-electron chi connectivity index (χ0n) is 20.1. The highest BCUT2D eigenvalue weighted by molar-refractivity contribution is 5.67. The molecule has 0 aliphatic rings. The Morgan fingerprint density at radius 1 is 1.19 bits per heavy atom. The quantitative estimate of drug-likeness (QED) is 0.268. The normalized spacial score (nSPS) is 12.3. The minimum Gasteiger partial charge on any atom is -0.465 e. The van der Waals surface area contributed by atoms with Crippen molar-refractivity contribution in [2.45, 2.75) is 32.4 Å². The second kappa shape index (κ2) is 11.1. The van der Waals surface area contributed by atoms with Crippen molar-refractivity contribution in [2.75, 3.05) is 10.6 Å². The second-order valence-electron chi connectivity index (χ2n) is 8.28. The fraction of sp³-hybridized carbons (Fsp3) is 0.200. The van der Waals surface area contributed by atoms with Gasteiger partial charge in [-0.05, 0) is 38.0 Å². The Hall–Kier alpha value is -5.05. The van der Waals surface area contributed by atoms with Crippen LogP contribution in [0.25, 0.3) is 5.69 Å². The lowest BCUT2D eigenvalue weighted by molar-refractivity contribution is 0.189. The van der Waals surface area contributed by atoms with Gasteiger partial charge in [0.25, 0.3) is 0 Å². The van der Waals surface area contributed by atoms with Crippen LogP contribution in [-0.2, 0) is 6.42 Å². The van der Waals surface area contributed by atoms with Gasteiger partial charge in [-0.1, -0.05) is 30.3 Å². The Balaban J connectivity index is 1.65. The summed E-state index contributed by atoms with van der Waals surface area (Å²) in [7, 11) is 0. The summed E-state index contributed by atoms with van der Waals surface area (Å²) in [5.74, 6) is -0.768. The van der Waals surface area contributed by atoms with Crippen molar-refractivity contribution < 1.29 is 14.3 Å². The number of amides is 1. The molecule has 0 fully saturated rings. The predicted octanol–water partition coefficient (Wildman–Crippen LogP) is 3.80. The van der Waals surface area contributed by atoms with E-state index in [0.717, 1.165) is 11.6 Å². The predicted molar refractivity (Wildman–Crippen MR) is 134 cm³/mol. The van der Waals surface area contributed by atoms with Crippen molar-refractivity contribution in [2.24, 2.45) is 0 Å². The molecule has 11 nitrogen and oxygen atoms in total. The molecule has 1 amide bonds. The second-order valence-corrected chi connectivity index (χ2v) is 8.28. The maximum Gasteiger partial charge on any atom is 0.404 e. The molecule has 0 unspecified atom stereocenters. The molecule has 2 atom stereocenters. The van der Waals surface area contributed by atoms with Gasteiger partial charge >= 0.3 is 6.09 Å². The number of nitrogens with one attached hydrogen (secondary N) is 3. The summed E-state index contributed by atoms with van der Waals surface area (Å²) < 4.78 is 15.0. The van der Waals surface area contributed by atoms with Crippen LogP contribution in [-0.4, -0.2) is 48.2 Å². The first kappa shape index (κ1) is 25.1. The number of benzene rings is 1. The molecule has 4 N–H and O–H groups in total. The number of nitriles is 1. The zero-order valence-corrected chi connectivity index (χ0v) is 20.1. The number of carboxylic acid groups (broad SMARTS) is 1. The molecule has 37 heavy (non-hydrogen) atoms. The van der Waals surface area contributed by atoms with Crippen LogP contribution in [0.3, 0.4) is 0 Å². The number of aryl methyl sites for hydroxylation is 1. The number of hydrogen-bond acceptors (Lipinski definition) is 8. The van der Waals surface area contributed by atoms with E-state index in [1.807, 2.05) is 36.4 Å². The molecule has 0 spiro atoms. The molecule has 0 bridgehead atoms. The number of hydrogen-bond donors (Lipinski definition) is 4. The lowest BCUT2D eigenvalue weighted by Gasteiger charge is -2.26. The third-order valence-electron chi connectivity index (χ3n) is 5.63. The fourth-order valence-corrected chi connectivity index (χ4v) is 3.73. The number of rotatable bonds is 9. The Morgan fingerprint density at radius 3 is 2.59 bits per heavy atom. The molecule has 0 aliphatic heterocycles. The van der Waals surface area contributed by atoms with Crippen LogP contribution in [0.5, 0.6) is 0 Å². The maximum atomic E-state index is 15.0. The highest BCUT2D eigenvalue weighted by Gasteiger charge is 2.23. The number of carbonyl (C=O) groups is 1. The largest absolute Gasteiger partial charge is 0.465 e. The first-order valence-electron chi connectivity index (χ1n) is 11.3. The minimum absolute atomic E-state index is 0.0151. The van der Waals surface area contributed by atoms with Crippen LogP contribution >= 0.6 is 0 Å². The van der Waals surface area contributed by atoms with E-state index in [1.165, 1.54) is 4.80 Å². The van der Waals surface area contributed by atoms with Crippen LogP contribution in [0.15, 0.2) is 61.1 Å². The highest BCUT2D eigenvalue weighted by atomic mass is 19.1. The topological polar surface area (TPSA) is 154 Å². The summed E-state index contributed by atoms with van der Waals surface area (Å²) in [6, 6.07) is 13.0. The van der Waals surface area contributed by atoms with Gasteiger partial charge in [0, 0.05) is 6.04 Å². The van der Waals surface area contributed by atoms with Crippen molar-refractivity contribution in [3.63, 3.8) is 0 Å². The molecule has 3 aromatic heterocycles. The number of aromatic nitrogens is 5. The summed E-state index contributed by atoms with van der Waals surface area (Å²) in [5, 5.41) is 35.5. The van der Waals surface area contributed by atoms with Gasteiger partial charge in [0.05, 0.1) is 41.6 Å². The minimum atomic E-state index is -1.20. The van der Waals surface area contributed by atoms with Gasteiger partial charge in [-0.15, -0.1) is 4.80 Å². The van der Waals surface area contributed by atoms with Crippen molar-refractivity contribution in [3.8, 4) is 11.8 Å². The van der Waals surface area contributed by atoms with Gasteiger partial charge in [-0.25, -0.2) is 14.2 Å². The maximum absolute atomic E-state index is 15.0. The van der Waals surface area contributed by atoms with Gasteiger partial charge < -0.3 is 21.1 Å². The monoisotopic (exact) mass is 501 g/mol. The first-order chi connectivity index (χ1) is 17.8. The molecule has 4 aromatic rings. The molecule has 0 aliphatic carbocycles. The van der Waals surface area contributed by atoms with E-state index in [4.69, 9.17) is 0 Å². The Kier molecular flexibility index (Phi) is 7.53. The van der Waals surface area contributed by atoms with Gasteiger partial charge in [-0.2, -0.15) is 15.5 Å². The SMILES string of the molecule is Cc1ncc(Nc2nc(N[C@@H](Cc3ccccc3)[C@H](C)NC(=O)O)c(F)cc2C#N)cc1-n1nccn1. The van der Waals surface area contributed by atoms with Crippen LogP contribution < -0.4 is 16.0 Å². The molecule has 188 valence electrons. The lowest BCUT2D eigenvalue weighted by Crippen LogP contribution is -2.45. The molecular weight excluding hydrogens is 477 g/mol. The molecule has 0 radical (unpaired) electrons. The van der Waals surface area contributed by atoms with E-state index in [9.17, 15) is 15.2 Å². The summed E-state index contributed by atoms with van der Waals surface area (Å²) in [6.45, 7) is 3.48. The number of pyridine rings is 2. The number of nitrogens with zero attached hydrogens (tertiary/aromatic N) is 6. The van der Waals surface area contributed by atoms with Crippen LogP contribution in [0.4, 0.5) is 26.5 Å². The van der Waals surface area contributed by atoms with E-state index in [-0.39, 0.29) is 17.2 Å². The van der Waals surface area contributed by atoms with Crippen molar-refractivity contribution in [1.82, 2.24) is 30.3 Å². The van der Waals surface area contributed by atoms with Crippen molar-refractivity contribution in [1.29, 1.82) is 5.26 Å². The summed E-state index contributed by atoms with van der Waals surface area (Å²) in [4.78, 5) is 21.4. The van der Waals surface area contributed by atoms with Crippen molar-refractivity contribution in [3.05, 3.63) is 83.7 Å². The molecule has 0 saturated heterocycles. The van der Waals surface area contributed by atoms with Crippen LogP contribution in [0, 0.1) is 24.1 Å². The third-order valence-corrected chi connectivity index (χ3v) is 5.63. The van der Waals surface area contributed by atoms with Crippen LogP contribution in [0.1, 0.15) is 23.7 Å². The lowest BCUT2D eigenvalue weighted by atomic mass is 10.0. The molecule has 4 rings (SSSR count). The van der Waals surface area contributed by atoms with E-state index in [2.05, 4.69) is 36.1 Å². The van der Waals surface area contributed by atoms with Gasteiger partial charge in [0.15, 0.2) is 17.5 Å². The van der Waals surface area contributed by atoms with E-state index in [1.54, 1.807) is 38.5 Å². The summed E-state index contributed by atoms with van der Waals surface area (Å²) in [6.07, 6.45) is 3.84. The van der Waals surface area contributed by atoms with E-state index in [0.29, 0.717) is 23.5 Å². The molecular formula is C25H24FN9O2. The number of anilines is 3. The number of halogens is 1. The van der Waals surface area contributed by atoms with E-state index < -0.39 is 24.0 Å². The summed E-state index contributed by atoms with van der Waals surface area (Å²) in [5.41, 5.74) is 2.70. The zero-order chi connectivity index (χ0) is 26.4. The molecule has 3 heterocycles. The Labute approximate surface area is 212 Å². The Morgan fingerprint density at radius 2 is 1.92 bits per heavy atom. The average molecular weight is 502 g/mol. The molecule has 12 heteroatoms. The van der Waals surface area contributed by atoms with E-state index >= 15 is 4.39 Å². The third kappa shape index (κ3) is 6.15. The average Bonchev–Trinajstić information content (AvgIpc) is 3.41. The van der Waals surface area contributed by atoms with Crippen LogP contribution in [0.2, 0.25) is 0 Å². The summed E-state index contributed by atoms with van der Waals surface area (Å²) >= 11 is 0. The van der Waals surface area contributed by atoms with Gasteiger partial charge in [0.1, 0.15) is 11.8 Å². The highest BCUT2D eigenvalue weighted by Crippen LogP contribution is 2.26. The first-order valence-corrected chi connectivity index (χ1v) is 11.3. The fourth-order valence-electron chi connectivity index (χ4n) is 3.73. The molecule has 0 saturated carbocycles. The molecule has 1 aromatic carbocycles. The van der Waals surface area contributed by atoms with Gasteiger partial charge in [0.2, 0.25) is 0 Å². The standard InChI is InChI=1S/C25H24FN9O2/c1-15(31-25(36)37)21(10-17-6-4-3-5-7-17)33-24-20(26)11-18(13-27)23(34-24)32-19-12-22(16(2)28-14-19)35-29-8-9-30-35/h3-9,11-12,14-15,21,31H,10H2,1-2H3,(H,36,37)(H2,32,33,34)/t15-,21-/m0/s1. The Bertz CT molecular complexity index is 1420.